The van der Waals surface area contributed by atoms with Crippen LogP contribution in [-0.2, 0) is 58.7 Å². The van der Waals surface area contributed by atoms with E-state index in [1.807, 2.05) is 42.5 Å². The summed E-state index contributed by atoms with van der Waals surface area (Å²) in [6, 6.07) is 41.5. The molecular weight excluding hydrogens is 801 g/mol. The molecule has 0 aromatic heterocycles. The van der Waals surface area contributed by atoms with Crippen LogP contribution in [0.3, 0.4) is 0 Å². The Morgan fingerprint density at radius 1 is 0.429 bits per heavy atom. The molecule has 0 spiro atoms. The lowest BCUT2D eigenvalue weighted by molar-refractivity contribution is -0.385. The molecule has 63 heavy (non-hydrogen) atoms. The van der Waals surface area contributed by atoms with Crippen molar-refractivity contribution in [2.45, 2.75) is 58.7 Å². The third kappa shape index (κ3) is 11.7. The second kappa shape index (κ2) is 20.7. The summed E-state index contributed by atoms with van der Waals surface area (Å²) in [5.41, 5.74) is 11.8. The maximum atomic E-state index is 10.7. The first kappa shape index (κ1) is 44.1. The number of benzene rings is 6. The van der Waals surface area contributed by atoms with Crippen LogP contribution >= 0.6 is 0 Å². The van der Waals surface area contributed by atoms with Gasteiger partial charge in [0, 0.05) is 95.3 Å². The Balaban J connectivity index is 0.000000143. The largest absolute Gasteiger partial charge is 0.493 e. The van der Waals surface area contributed by atoms with E-state index in [4.69, 9.17) is 9.47 Å². The summed E-state index contributed by atoms with van der Waals surface area (Å²) in [6.07, 6.45) is 2.02. The first-order chi connectivity index (χ1) is 30.5. The van der Waals surface area contributed by atoms with E-state index in [9.17, 15) is 30.3 Å². The minimum atomic E-state index is -0.374. The van der Waals surface area contributed by atoms with Crippen LogP contribution in [0, 0.1) is 30.3 Å². The number of hydrogen-bond acceptors (Lipinski definition) is 11. The van der Waals surface area contributed by atoms with E-state index >= 15 is 0 Å². The van der Waals surface area contributed by atoms with Crippen molar-refractivity contribution in [3.8, 4) is 11.5 Å². The zero-order valence-corrected chi connectivity index (χ0v) is 35.4. The molecule has 0 radical (unpaired) electrons. The van der Waals surface area contributed by atoms with Crippen LogP contribution in [0.15, 0.2) is 133 Å². The van der Waals surface area contributed by atoms with E-state index in [1.165, 1.54) is 33.4 Å². The minimum absolute atomic E-state index is 0.125. The van der Waals surface area contributed by atoms with Gasteiger partial charge in [-0.05, 0) is 75.0 Å². The maximum absolute atomic E-state index is 10.7. The molecule has 0 bridgehead atoms. The van der Waals surface area contributed by atoms with E-state index in [2.05, 4.69) is 69.3 Å². The fraction of sp³-hybridized carbons (Fsp3) is 0.265. The maximum Gasteiger partial charge on any atom is 0.269 e. The second-order valence-corrected chi connectivity index (χ2v) is 15.9. The average Bonchev–Trinajstić information content (AvgIpc) is 3.72. The highest BCUT2D eigenvalue weighted by Crippen LogP contribution is 2.34. The number of hydrogen-bond donors (Lipinski definition) is 0. The number of nitro benzene ring substituents is 3. The van der Waals surface area contributed by atoms with Crippen molar-refractivity contribution in [3.05, 3.63) is 214 Å². The van der Waals surface area contributed by atoms with Gasteiger partial charge < -0.3 is 9.47 Å². The lowest BCUT2D eigenvalue weighted by Gasteiger charge is -2.29. The Morgan fingerprint density at radius 2 is 0.746 bits per heavy atom. The van der Waals surface area contributed by atoms with Gasteiger partial charge >= 0.3 is 0 Å². The van der Waals surface area contributed by atoms with Crippen LogP contribution in [-0.4, -0.2) is 56.8 Å². The van der Waals surface area contributed by atoms with Gasteiger partial charge in [-0.15, -0.1) is 0 Å². The summed E-state index contributed by atoms with van der Waals surface area (Å²) in [5, 5.41) is 32.0. The predicted molar refractivity (Wildman–Crippen MR) is 240 cm³/mol. The van der Waals surface area contributed by atoms with Crippen LogP contribution in [0.2, 0.25) is 0 Å². The molecule has 6 aromatic rings. The average molecular weight is 851 g/mol. The van der Waals surface area contributed by atoms with Gasteiger partial charge in [-0.25, -0.2) is 0 Å². The van der Waals surface area contributed by atoms with Crippen molar-refractivity contribution in [2.24, 2.45) is 0 Å². The minimum Gasteiger partial charge on any atom is -0.493 e. The van der Waals surface area contributed by atoms with Gasteiger partial charge in [-0.3, -0.25) is 45.0 Å². The highest BCUT2D eigenvalue weighted by Gasteiger charge is 2.21. The van der Waals surface area contributed by atoms with Crippen LogP contribution in [0.25, 0.3) is 0 Å². The van der Waals surface area contributed by atoms with Crippen molar-refractivity contribution < 1.29 is 24.2 Å². The molecule has 0 saturated heterocycles. The zero-order chi connectivity index (χ0) is 44.3. The van der Waals surface area contributed by atoms with Crippen molar-refractivity contribution in [1.82, 2.24) is 14.7 Å². The van der Waals surface area contributed by atoms with Crippen LogP contribution in [0.5, 0.6) is 11.5 Å². The molecule has 0 amide bonds. The molecule has 14 nitrogen and oxygen atoms in total. The molecule has 0 unspecified atom stereocenters. The van der Waals surface area contributed by atoms with Gasteiger partial charge in [-0.2, -0.15) is 0 Å². The molecule has 3 aliphatic heterocycles. The van der Waals surface area contributed by atoms with Crippen LogP contribution in [0.4, 0.5) is 17.1 Å². The number of rotatable bonds is 11. The van der Waals surface area contributed by atoms with E-state index in [1.54, 1.807) is 50.6 Å². The number of fused-ring (bicyclic) bond motifs is 3. The Kier molecular flexibility index (Phi) is 14.5. The van der Waals surface area contributed by atoms with Gasteiger partial charge in [0.15, 0.2) is 11.5 Å². The van der Waals surface area contributed by atoms with Crippen molar-refractivity contribution in [2.75, 3.05) is 27.3 Å². The van der Waals surface area contributed by atoms with E-state index in [0.29, 0.717) is 0 Å². The number of nitro groups is 3. The summed E-state index contributed by atoms with van der Waals surface area (Å²) in [6.45, 7) is 8.10. The van der Waals surface area contributed by atoms with Gasteiger partial charge in [-0.1, -0.05) is 84.9 Å². The number of non-ortho nitro benzene ring substituents is 3. The lowest BCUT2D eigenvalue weighted by atomic mass is 9.98. The first-order valence-corrected chi connectivity index (χ1v) is 20.8. The second-order valence-electron chi connectivity index (χ2n) is 15.9. The third-order valence-electron chi connectivity index (χ3n) is 11.6. The highest BCUT2D eigenvalue weighted by atomic mass is 16.6. The van der Waals surface area contributed by atoms with Crippen LogP contribution < -0.4 is 9.47 Å². The van der Waals surface area contributed by atoms with E-state index in [0.717, 1.165) is 99.9 Å². The molecule has 9 rings (SSSR count). The summed E-state index contributed by atoms with van der Waals surface area (Å²) in [7, 11) is 3.29. The van der Waals surface area contributed by atoms with E-state index < -0.39 is 0 Å². The topological polar surface area (TPSA) is 158 Å². The molecule has 324 valence electrons. The molecule has 6 aromatic carbocycles. The fourth-order valence-electron chi connectivity index (χ4n) is 8.23. The summed E-state index contributed by atoms with van der Waals surface area (Å²) < 4.78 is 10.7. The molecule has 14 heteroatoms. The normalized spacial score (nSPS) is 14.4. The molecule has 0 aliphatic carbocycles. The van der Waals surface area contributed by atoms with Gasteiger partial charge in [0.25, 0.3) is 17.1 Å². The summed E-state index contributed by atoms with van der Waals surface area (Å²) in [5.74, 6) is 1.51. The molecule has 0 N–H and O–H groups in total. The van der Waals surface area contributed by atoms with Gasteiger partial charge in [0.05, 0.1) is 29.0 Å². The molecule has 0 saturated carbocycles. The van der Waals surface area contributed by atoms with Crippen LogP contribution in [0.1, 0.15) is 50.1 Å². The number of ether oxygens (including phenoxy) is 2. The molecule has 3 heterocycles. The smallest absolute Gasteiger partial charge is 0.269 e. The molecular formula is C49H50N6O8. The molecule has 0 fully saturated rings. The standard InChI is InChI=1S/C18H20N2O4.C16H16N2O2.C15H14N2O2/c1-23-17-9-14-7-8-19(12-15(14)10-18(17)24-2)11-13-3-5-16(6-4-13)20(21)22;19-18(20)16-7-5-13(6-8-16)11-17-10-9-14-3-1-2-4-15(14)12-17;18-17(19)15-7-5-12(6-8-15)9-16-10-13-3-1-2-4-14(13)11-16/h3-6,9-10H,7-8,11-12H2,1-2H3;1-8H,9-12H2;1-8H,9-11H2. The monoisotopic (exact) mass is 850 g/mol. The fourth-order valence-corrected chi connectivity index (χ4v) is 8.23. The SMILES string of the molecule is COc1cc2c(cc1OC)CN(Cc1ccc([N+](=O)[O-])cc1)CC2.O=[N+]([O-])c1ccc(CN2CCc3ccccc3C2)cc1.O=[N+]([O-])c1ccc(CN2Cc3ccccc3C2)cc1. The summed E-state index contributed by atoms with van der Waals surface area (Å²) in [4.78, 5) is 37.9. The Morgan fingerprint density at radius 3 is 1.14 bits per heavy atom. The quantitative estimate of drug-likeness (QED) is 0.0903. The van der Waals surface area contributed by atoms with Crippen molar-refractivity contribution >= 4 is 17.1 Å². The molecule has 0 atom stereocenters. The zero-order valence-electron chi connectivity index (χ0n) is 35.4. The Labute approximate surface area is 366 Å². The Bertz CT molecular complexity index is 2510. The number of nitrogens with zero attached hydrogens (tertiary/aromatic N) is 6. The van der Waals surface area contributed by atoms with Gasteiger partial charge in [0.2, 0.25) is 0 Å². The predicted octanol–water partition coefficient (Wildman–Crippen LogP) is 9.43. The summed E-state index contributed by atoms with van der Waals surface area (Å²) >= 11 is 0. The van der Waals surface area contributed by atoms with Gasteiger partial charge in [0.1, 0.15) is 0 Å². The lowest BCUT2D eigenvalue weighted by Crippen LogP contribution is -2.30. The first-order valence-electron chi connectivity index (χ1n) is 20.8. The van der Waals surface area contributed by atoms with Crippen molar-refractivity contribution in [1.29, 1.82) is 0 Å². The number of methoxy groups -OCH3 is 2. The van der Waals surface area contributed by atoms with E-state index in [-0.39, 0.29) is 31.8 Å². The third-order valence-corrected chi connectivity index (χ3v) is 11.6. The Hall–Kier alpha value is -7.00. The highest BCUT2D eigenvalue weighted by molar-refractivity contribution is 5.48. The molecule has 3 aliphatic rings. The van der Waals surface area contributed by atoms with Crippen molar-refractivity contribution in [3.63, 3.8) is 0 Å².